The number of unbranched alkanes of at least 4 members (excludes halogenated alkanes) is 2. The molecule has 0 fully saturated rings. The van der Waals surface area contributed by atoms with Crippen LogP contribution in [0.5, 0.6) is 0 Å². The lowest BCUT2D eigenvalue weighted by Crippen LogP contribution is -2.28. The van der Waals surface area contributed by atoms with E-state index < -0.39 is 0 Å². The number of nitrogens with zero attached hydrogens (tertiary/aromatic N) is 1. The van der Waals surface area contributed by atoms with E-state index in [1.165, 1.54) is 25.7 Å². The maximum atomic E-state index is 5.68. The number of thioether (sulfide) groups is 1. The molecule has 0 saturated heterocycles. The van der Waals surface area contributed by atoms with Crippen molar-refractivity contribution in [1.82, 2.24) is 10.3 Å². The van der Waals surface area contributed by atoms with E-state index in [9.17, 15) is 0 Å². The van der Waals surface area contributed by atoms with E-state index >= 15 is 0 Å². The highest BCUT2D eigenvalue weighted by Crippen LogP contribution is 2.22. The van der Waals surface area contributed by atoms with Gasteiger partial charge in [0.05, 0.1) is 0 Å². The summed E-state index contributed by atoms with van der Waals surface area (Å²) in [6.45, 7) is 5.51. The monoisotopic (exact) mass is 292 g/mol. The summed E-state index contributed by atoms with van der Waals surface area (Å²) in [6.07, 6.45) is 5.22. The maximum absolute atomic E-state index is 5.68. The molecule has 1 atom stereocenters. The summed E-state index contributed by atoms with van der Waals surface area (Å²) in [4.78, 5) is 4.46. The largest absolute Gasteiger partial charge is 0.431 e. The zero-order valence-electron chi connectivity index (χ0n) is 12.4. The second kappa shape index (κ2) is 8.32. The van der Waals surface area contributed by atoms with Gasteiger partial charge in [0.25, 0.3) is 5.22 Å². The molecule has 0 aliphatic heterocycles. The molecular weight excluding hydrogens is 268 g/mol. The lowest BCUT2D eigenvalue weighted by Gasteiger charge is -2.12. The van der Waals surface area contributed by atoms with Crippen LogP contribution >= 0.6 is 11.8 Å². The zero-order chi connectivity index (χ0) is 14.2. The topological polar surface area (TPSA) is 38.1 Å². The predicted octanol–water partition coefficient (Wildman–Crippen LogP) is 4.48. The van der Waals surface area contributed by atoms with Gasteiger partial charge in [-0.25, -0.2) is 4.98 Å². The minimum atomic E-state index is 0.603. The van der Waals surface area contributed by atoms with Gasteiger partial charge in [-0.05, 0) is 25.5 Å². The molecule has 0 radical (unpaired) electrons. The van der Waals surface area contributed by atoms with Gasteiger partial charge in [-0.1, -0.05) is 50.1 Å². The molecule has 4 heteroatoms. The number of nitrogens with one attached hydrogen (secondary N) is 1. The normalized spacial score (nSPS) is 12.9. The molecule has 1 aromatic carbocycles. The SMILES string of the molecule is CCCCCC(C)NCCSc1nc2ccccc2o1. The molecule has 0 saturated carbocycles. The first kappa shape index (κ1) is 15.4. The number of benzene rings is 1. The van der Waals surface area contributed by atoms with Crippen LogP contribution in [0.2, 0.25) is 0 Å². The molecule has 20 heavy (non-hydrogen) atoms. The predicted molar refractivity (Wildman–Crippen MR) is 86.3 cm³/mol. The van der Waals surface area contributed by atoms with Crippen molar-refractivity contribution in [1.29, 1.82) is 0 Å². The standard InChI is InChI=1S/C16H24N2OS/c1-3-4-5-8-13(2)17-11-12-20-16-18-14-9-6-7-10-15(14)19-16/h6-7,9-10,13,17H,3-5,8,11-12H2,1-2H3. The lowest BCUT2D eigenvalue weighted by molar-refractivity contribution is 0.486. The molecule has 0 bridgehead atoms. The quantitative estimate of drug-likeness (QED) is 0.546. The fourth-order valence-corrected chi connectivity index (χ4v) is 2.87. The first-order chi connectivity index (χ1) is 9.79. The van der Waals surface area contributed by atoms with Gasteiger partial charge in [0.2, 0.25) is 0 Å². The van der Waals surface area contributed by atoms with Crippen LogP contribution < -0.4 is 5.32 Å². The van der Waals surface area contributed by atoms with Crippen molar-refractivity contribution in [2.45, 2.75) is 50.8 Å². The summed E-state index contributed by atoms with van der Waals surface area (Å²) in [7, 11) is 0. The Morgan fingerprint density at radius 2 is 2.15 bits per heavy atom. The average Bonchev–Trinajstić information content (AvgIpc) is 2.86. The summed E-state index contributed by atoms with van der Waals surface area (Å²) < 4.78 is 5.68. The van der Waals surface area contributed by atoms with Crippen LogP contribution in [-0.4, -0.2) is 23.3 Å². The minimum Gasteiger partial charge on any atom is -0.431 e. The molecule has 1 heterocycles. The van der Waals surface area contributed by atoms with E-state index in [2.05, 4.69) is 24.1 Å². The lowest BCUT2D eigenvalue weighted by atomic mass is 10.1. The van der Waals surface area contributed by atoms with Gasteiger partial charge in [-0.15, -0.1) is 0 Å². The van der Waals surface area contributed by atoms with Crippen LogP contribution in [0.15, 0.2) is 33.9 Å². The molecule has 2 aromatic rings. The van der Waals surface area contributed by atoms with Gasteiger partial charge < -0.3 is 9.73 Å². The molecule has 2 rings (SSSR count). The van der Waals surface area contributed by atoms with Crippen molar-refractivity contribution in [3.8, 4) is 0 Å². The third-order valence-corrected chi connectivity index (χ3v) is 4.17. The third kappa shape index (κ3) is 4.84. The van der Waals surface area contributed by atoms with Gasteiger partial charge in [-0.2, -0.15) is 0 Å². The number of hydrogen-bond donors (Lipinski definition) is 1. The van der Waals surface area contributed by atoms with Gasteiger partial charge >= 0.3 is 0 Å². The Balaban J connectivity index is 1.65. The maximum Gasteiger partial charge on any atom is 0.256 e. The highest BCUT2D eigenvalue weighted by molar-refractivity contribution is 7.99. The Hall–Kier alpha value is -1.00. The molecule has 110 valence electrons. The number of aromatic nitrogens is 1. The second-order valence-electron chi connectivity index (χ2n) is 5.15. The minimum absolute atomic E-state index is 0.603. The smallest absolute Gasteiger partial charge is 0.256 e. The molecular formula is C16H24N2OS. The van der Waals surface area contributed by atoms with Crippen molar-refractivity contribution in [3.05, 3.63) is 24.3 Å². The average molecular weight is 292 g/mol. The van der Waals surface area contributed by atoms with Crippen molar-refractivity contribution >= 4 is 22.9 Å². The second-order valence-corrected chi connectivity index (χ2v) is 6.19. The summed E-state index contributed by atoms with van der Waals surface area (Å²) >= 11 is 1.68. The molecule has 0 aliphatic rings. The fourth-order valence-electron chi connectivity index (χ4n) is 2.16. The van der Waals surface area contributed by atoms with Crippen LogP contribution in [0.1, 0.15) is 39.5 Å². The Morgan fingerprint density at radius 1 is 1.30 bits per heavy atom. The van der Waals surface area contributed by atoms with E-state index in [0.717, 1.165) is 28.6 Å². The molecule has 1 aromatic heterocycles. The van der Waals surface area contributed by atoms with Crippen LogP contribution in [0.3, 0.4) is 0 Å². The number of fused-ring (bicyclic) bond motifs is 1. The number of oxazole rings is 1. The van der Waals surface area contributed by atoms with Crippen LogP contribution in [-0.2, 0) is 0 Å². The number of rotatable bonds is 9. The molecule has 0 aliphatic carbocycles. The Bertz CT molecular complexity index is 479. The zero-order valence-corrected chi connectivity index (χ0v) is 13.2. The van der Waals surface area contributed by atoms with E-state index in [-0.39, 0.29) is 0 Å². The third-order valence-electron chi connectivity index (χ3n) is 3.34. The highest BCUT2D eigenvalue weighted by Gasteiger charge is 2.06. The van der Waals surface area contributed by atoms with Crippen molar-refractivity contribution in [2.75, 3.05) is 12.3 Å². The van der Waals surface area contributed by atoms with Crippen molar-refractivity contribution in [3.63, 3.8) is 0 Å². The number of para-hydroxylation sites is 2. The Kier molecular flexibility index (Phi) is 6.40. The van der Waals surface area contributed by atoms with E-state index in [4.69, 9.17) is 4.42 Å². The molecule has 1 unspecified atom stereocenters. The fraction of sp³-hybridized carbons (Fsp3) is 0.562. The van der Waals surface area contributed by atoms with E-state index in [0.29, 0.717) is 6.04 Å². The van der Waals surface area contributed by atoms with Gasteiger partial charge in [0, 0.05) is 18.3 Å². The first-order valence-corrected chi connectivity index (χ1v) is 8.50. The van der Waals surface area contributed by atoms with Crippen LogP contribution in [0.4, 0.5) is 0 Å². The molecule has 1 N–H and O–H groups in total. The number of hydrogen-bond acceptors (Lipinski definition) is 4. The summed E-state index contributed by atoms with van der Waals surface area (Å²) in [6, 6.07) is 8.50. The summed E-state index contributed by atoms with van der Waals surface area (Å²) in [5.41, 5.74) is 1.81. The molecule has 3 nitrogen and oxygen atoms in total. The van der Waals surface area contributed by atoms with E-state index in [1.807, 2.05) is 24.3 Å². The summed E-state index contributed by atoms with van der Waals surface area (Å²) in [5, 5.41) is 4.33. The molecule has 0 amide bonds. The van der Waals surface area contributed by atoms with Crippen molar-refractivity contribution < 1.29 is 4.42 Å². The highest BCUT2D eigenvalue weighted by atomic mass is 32.2. The van der Waals surface area contributed by atoms with Crippen LogP contribution in [0.25, 0.3) is 11.1 Å². The van der Waals surface area contributed by atoms with Gasteiger partial charge in [0.15, 0.2) is 5.58 Å². The van der Waals surface area contributed by atoms with Crippen LogP contribution in [0, 0.1) is 0 Å². The summed E-state index contributed by atoms with van der Waals surface area (Å²) in [5.74, 6) is 0.991. The van der Waals surface area contributed by atoms with Gasteiger partial charge in [-0.3, -0.25) is 0 Å². The van der Waals surface area contributed by atoms with Gasteiger partial charge in [0.1, 0.15) is 5.52 Å². The Morgan fingerprint density at radius 3 is 2.95 bits per heavy atom. The van der Waals surface area contributed by atoms with E-state index in [1.54, 1.807) is 11.8 Å². The molecule has 0 spiro atoms. The first-order valence-electron chi connectivity index (χ1n) is 7.51. The Labute approximate surface area is 125 Å². The van der Waals surface area contributed by atoms with Crippen molar-refractivity contribution in [2.24, 2.45) is 0 Å².